The van der Waals surface area contributed by atoms with Crippen LogP contribution >= 0.6 is 22.9 Å². The molecule has 2 nitrogen and oxygen atoms in total. The first kappa shape index (κ1) is 11.1. The topological polar surface area (TPSA) is 43.1 Å². The minimum absolute atomic E-state index is 0.175. The van der Waals surface area contributed by atoms with Gasteiger partial charge < -0.3 is 5.73 Å². The van der Waals surface area contributed by atoms with Crippen LogP contribution in [-0.4, -0.2) is 11.8 Å². The molecule has 0 aromatic carbocycles. The molecule has 1 aliphatic rings. The van der Waals surface area contributed by atoms with Crippen LogP contribution in [0.25, 0.3) is 0 Å². The van der Waals surface area contributed by atoms with Gasteiger partial charge in [0.15, 0.2) is 5.78 Å². The van der Waals surface area contributed by atoms with Gasteiger partial charge in [-0.25, -0.2) is 0 Å². The first-order valence-corrected chi connectivity index (χ1v) is 6.44. The normalized spacial score (nSPS) is 25.7. The number of thiophene rings is 1. The van der Waals surface area contributed by atoms with Gasteiger partial charge in [0.2, 0.25) is 0 Å². The fraction of sp³-hybridized carbons (Fsp3) is 0.545. The van der Waals surface area contributed by atoms with Gasteiger partial charge in [-0.1, -0.05) is 11.6 Å². The third kappa shape index (κ3) is 2.60. The predicted octanol–water partition coefficient (Wildman–Crippen LogP) is 3.10. The molecule has 0 radical (unpaired) electrons. The molecule has 1 fully saturated rings. The molecule has 0 aliphatic heterocycles. The number of ketones is 1. The molecule has 0 amide bonds. The first-order chi connectivity index (χ1) is 7.16. The largest absolute Gasteiger partial charge is 0.328 e. The van der Waals surface area contributed by atoms with Crippen LogP contribution in [0, 0.1) is 5.92 Å². The van der Waals surface area contributed by atoms with Crippen LogP contribution in [0.15, 0.2) is 11.4 Å². The second-order valence-corrected chi connectivity index (χ2v) is 5.49. The average Bonchev–Trinajstić information content (AvgIpc) is 2.75. The molecule has 1 aromatic heterocycles. The van der Waals surface area contributed by atoms with Gasteiger partial charge in [0.1, 0.15) is 0 Å². The van der Waals surface area contributed by atoms with E-state index < -0.39 is 0 Å². The molecule has 2 rings (SSSR count). The zero-order valence-corrected chi connectivity index (χ0v) is 9.98. The van der Waals surface area contributed by atoms with E-state index in [0.717, 1.165) is 19.3 Å². The number of Topliss-reactive ketones (excluding diaryl/α,β-unsaturated/α-hetero) is 1. The summed E-state index contributed by atoms with van der Waals surface area (Å²) >= 11 is 7.34. The maximum atomic E-state index is 11.9. The monoisotopic (exact) mass is 243 g/mol. The number of rotatable bonds is 3. The third-order valence-corrected chi connectivity index (χ3v) is 4.31. The number of halogens is 1. The lowest BCUT2D eigenvalue weighted by atomic mass is 10.00. The zero-order valence-electron chi connectivity index (χ0n) is 8.41. The number of hydrogen-bond acceptors (Lipinski definition) is 3. The van der Waals surface area contributed by atoms with E-state index in [1.165, 1.54) is 11.3 Å². The quantitative estimate of drug-likeness (QED) is 0.829. The Kier molecular flexibility index (Phi) is 3.44. The lowest BCUT2D eigenvalue weighted by Gasteiger charge is -2.07. The second kappa shape index (κ2) is 4.64. The van der Waals surface area contributed by atoms with Crippen LogP contribution in [0.2, 0.25) is 5.02 Å². The highest BCUT2D eigenvalue weighted by Gasteiger charge is 2.25. The van der Waals surface area contributed by atoms with E-state index >= 15 is 0 Å². The number of nitrogens with two attached hydrogens (primary N) is 1. The van der Waals surface area contributed by atoms with Crippen molar-refractivity contribution in [3.8, 4) is 0 Å². The van der Waals surface area contributed by atoms with Gasteiger partial charge in [-0.3, -0.25) is 4.79 Å². The first-order valence-electron chi connectivity index (χ1n) is 5.18. The Balaban J connectivity index is 1.96. The minimum Gasteiger partial charge on any atom is -0.328 e. The molecule has 15 heavy (non-hydrogen) atoms. The van der Waals surface area contributed by atoms with E-state index in [2.05, 4.69) is 0 Å². The van der Waals surface area contributed by atoms with Gasteiger partial charge in [-0.15, -0.1) is 11.3 Å². The average molecular weight is 244 g/mol. The van der Waals surface area contributed by atoms with Crippen molar-refractivity contribution in [3.05, 3.63) is 21.3 Å². The minimum atomic E-state index is 0.175. The number of carbonyl (C=O) groups is 1. The molecule has 4 heteroatoms. The Morgan fingerprint density at radius 1 is 1.60 bits per heavy atom. The lowest BCUT2D eigenvalue weighted by Crippen LogP contribution is -2.15. The molecule has 1 aromatic rings. The fourth-order valence-electron chi connectivity index (χ4n) is 2.15. The summed E-state index contributed by atoms with van der Waals surface area (Å²) in [5.41, 5.74) is 5.81. The van der Waals surface area contributed by atoms with E-state index in [0.29, 0.717) is 28.3 Å². The van der Waals surface area contributed by atoms with E-state index in [4.69, 9.17) is 17.3 Å². The molecule has 1 heterocycles. The summed E-state index contributed by atoms with van der Waals surface area (Å²) in [6.45, 7) is 0. The maximum absolute atomic E-state index is 11.9. The van der Waals surface area contributed by atoms with E-state index in [9.17, 15) is 4.79 Å². The van der Waals surface area contributed by atoms with E-state index in [1.54, 1.807) is 6.07 Å². The number of hydrogen-bond donors (Lipinski definition) is 1. The van der Waals surface area contributed by atoms with Gasteiger partial charge in [0.25, 0.3) is 0 Å². The molecule has 82 valence electrons. The number of carbonyl (C=O) groups excluding carboxylic acids is 1. The summed E-state index contributed by atoms with van der Waals surface area (Å²) in [4.78, 5) is 12.6. The van der Waals surface area contributed by atoms with Crippen molar-refractivity contribution in [2.75, 3.05) is 0 Å². The standard InChI is InChI=1S/C11H14ClNOS/c12-9-3-4-15-11(9)10(14)6-7-1-2-8(13)5-7/h3-4,7-8H,1-2,5-6,13H2. The zero-order chi connectivity index (χ0) is 10.8. The third-order valence-electron chi connectivity index (χ3n) is 2.93. The fourth-order valence-corrected chi connectivity index (χ4v) is 3.26. The summed E-state index contributed by atoms with van der Waals surface area (Å²) in [7, 11) is 0. The lowest BCUT2D eigenvalue weighted by molar-refractivity contribution is 0.0966. The molecule has 0 saturated heterocycles. The highest BCUT2D eigenvalue weighted by atomic mass is 35.5. The molecular formula is C11H14ClNOS. The SMILES string of the molecule is NC1CCC(CC(=O)c2sccc2Cl)C1. The Bertz CT molecular complexity index is 363. The van der Waals surface area contributed by atoms with Crippen molar-refractivity contribution in [1.82, 2.24) is 0 Å². The summed E-state index contributed by atoms with van der Waals surface area (Å²) in [5, 5.41) is 2.45. The van der Waals surface area contributed by atoms with Gasteiger partial charge in [-0.05, 0) is 36.6 Å². The summed E-state index contributed by atoms with van der Waals surface area (Å²) in [5.74, 6) is 0.639. The predicted molar refractivity (Wildman–Crippen MR) is 63.6 cm³/mol. The molecule has 0 spiro atoms. The van der Waals surface area contributed by atoms with Crippen LogP contribution in [0.1, 0.15) is 35.4 Å². The Hall–Kier alpha value is -0.380. The molecule has 1 aliphatic carbocycles. The van der Waals surface area contributed by atoms with Crippen molar-refractivity contribution in [2.24, 2.45) is 11.7 Å². The van der Waals surface area contributed by atoms with Crippen LogP contribution < -0.4 is 5.73 Å². The van der Waals surface area contributed by atoms with Crippen LogP contribution in [0.4, 0.5) is 0 Å². The highest BCUT2D eigenvalue weighted by Crippen LogP contribution is 2.31. The van der Waals surface area contributed by atoms with E-state index in [-0.39, 0.29) is 5.78 Å². The summed E-state index contributed by atoms with van der Waals surface area (Å²) in [6, 6.07) is 2.07. The molecular weight excluding hydrogens is 230 g/mol. The summed E-state index contributed by atoms with van der Waals surface area (Å²) < 4.78 is 0. The van der Waals surface area contributed by atoms with Gasteiger partial charge in [0.05, 0.1) is 9.90 Å². The van der Waals surface area contributed by atoms with Crippen molar-refractivity contribution < 1.29 is 4.79 Å². The Morgan fingerprint density at radius 3 is 2.93 bits per heavy atom. The van der Waals surface area contributed by atoms with Gasteiger partial charge in [0, 0.05) is 12.5 Å². The Morgan fingerprint density at radius 2 is 2.40 bits per heavy atom. The van der Waals surface area contributed by atoms with Crippen LogP contribution in [0.3, 0.4) is 0 Å². The molecule has 1 saturated carbocycles. The molecule has 2 atom stereocenters. The van der Waals surface area contributed by atoms with Crippen molar-refractivity contribution in [3.63, 3.8) is 0 Å². The molecule has 0 bridgehead atoms. The van der Waals surface area contributed by atoms with Gasteiger partial charge >= 0.3 is 0 Å². The second-order valence-electron chi connectivity index (χ2n) is 4.16. The maximum Gasteiger partial charge on any atom is 0.174 e. The highest BCUT2D eigenvalue weighted by molar-refractivity contribution is 7.12. The van der Waals surface area contributed by atoms with E-state index in [1.807, 2.05) is 5.38 Å². The molecule has 2 N–H and O–H groups in total. The van der Waals surface area contributed by atoms with Gasteiger partial charge in [-0.2, -0.15) is 0 Å². The van der Waals surface area contributed by atoms with Crippen LogP contribution in [-0.2, 0) is 0 Å². The summed E-state index contributed by atoms with van der Waals surface area (Å²) in [6.07, 6.45) is 3.72. The van der Waals surface area contributed by atoms with Crippen molar-refractivity contribution >= 4 is 28.7 Å². The molecule has 2 unspecified atom stereocenters. The smallest absolute Gasteiger partial charge is 0.174 e. The van der Waals surface area contributed by atoms with Crippen molar-refractivity contribution in [1.29, 1.82) is 0 Å². The Labute approximate surface area is 98.4 Å². The van der Waals surface area contributed by atoms with Crippen LogP contribution in [0.5, 0.6) is 0 Å². The van der Waals surface area contributed by atoms with Crippen molar-refractivity contribution in [2.45, 2.75) is 31.7 Å².